The molecule has 0 unspecified atom stereocenters. The van der Waals surface area contributed by atoms with Crippen LogP contribution in [0.3, 0.4) is 0 Å². The van der Waals surface area contributed by atoms with Crippen LogP contribution in [0.1, 0.15) is 5.56 Å². The van der Waals surface area contributed by atoms with Gasteiger partial charge in [-0.15, -0.1) is 17.9 Å². The molecule has 0 radical (unpaired) electrons. The third-order valence-corrected chi connectivity index (χ3v) is 5.43. The zero-order valence-electron chi connectivity index (χ0n) is 13.7. The Morgan fingerprint density at radius 3 is 2.88 bits per heavy atom. The molecular formula is C19H14N4OS2. The normalized spacial score (nSPS) is 17.5. The summed E-state index contributed by atoms with van der Waals surface area (Å²) >= 11 is 2.78. The second-order valence-corrected chi connectivity index (χ2v) is 7.33. The van der Waals surface area contributed by atoms with Crippen molar-refractivity contribution in [3.63, 3.8) is 0 Å². The molecule has 3 heterocycles. The van der Waals surface area contributed by atoms with Crippen LogP contribution >= 0.6 is 23.1 Å². The zero-order chi connectivity index (χ0) is 17.9. The van der Waals surface area contributed by atoms with Crippen molar-refractivity contribution in [3.05, 3.63) is 71.2 Å². The number of amidine groups is 1. The fraction of sp³-hybridized carbons (Fsp3) is 0.0526. The summed E-state index contributed by atoms with van der Waals surface area (Å²) in [5, 5.41) is 4.14. The highest BCUT2D eigenvalue weighted by Crippen LogP contribution is 2.35. The molecule has 26 heavy (non-hydrogen) atoms. The molecule has 128 valence electrons. The van der Waals surface area contributed by atoms with Gasteiger partial charge in [0, 0.05) is 35.3 Å². The fourth-order valence-corrected chi connectivity index (χ4v) is 4.16. The number of pyridine rings is 1. The molecule has 0 spiro atoms. The Kier molecular flexibility index (Phi) is 4.64. The van der Waals surface area contributed by atoms with E-state index in [1.54, 1.807) is 23.4 Å². The quantitative estimate of drug-likeness (QED) is 0.496. The van der Waals surface area contributed by atoms with E-state index in [2.05, 4.69) is 21.5 Å². The maximum absolute atomic E-state index is 12.8. The smallest absolute Gasteiger partial charge is 0.267 e. The minimum absolute atomic E-state index is 0.0851. The number of thiazole rings is 1. The number of nitrogens with zero attached hydrogens (tertiary/aromatic N) is 4. The van der Waals surface area contributed by atoms with E-state index in [-0.39, 0.29) is 5.91 Å². The highest BCUT2D eigenvalue weighted by molar-refractivity contribution is 8.18. The number of thioether (sulfide) groups is 1. The SMILES string of the molecule is C=CCN1C(=O)C(=Cc2cccc3cccnc23)SC1=Nc1nccs1. The number of carbonyl (C=O) groups is 1. The fourth-order valence-electron chi connectivity index (χ4n) is 2.62. The first-order valence-corrected chi connectivity index (χ1v) is 9.60. The molecule has 0 atom stereocenters. The van der Waals surface area contributed by atoms with E-state index < -0.39 is 0 Å². The average molecular weight is 378 g/mol. The second kappa shape index (κ2) is 7.23. The van der Waals surface area contributed by atoms with Crippen molar-refractivity contribution >= 4 is 56.3 Å². The molecule has 1 fully saturated rings. The third-order valence-electron chi connectivity index (χ3n) is 3.76. The zero-order valence-corrected chi connectivity index (χ0v) is 15.3. The molecule has 0 bridgehead atoms. The Morgan fingerprint density at radius 1 is 1.19 bits per heavy atom. The molecule has 1 saturated heterocycles. The minimum atomic E-state index is -0.0851. The molecule has 1 aromatic carbocycles. The Balaban J connectivity index is 1.75. The number of benzene rings is 1. The second-order valence-electron chi connectivity index (χ2n) is 5.45. The molecule has 7 heteroatoms. The topological polar surface area (TPSA) is 58.5 Å². The number of carbonyl (C=O) groups excluding carboxylic acids is 1. The molecule has 0 N–H and O–H groups in total. The average Bonchev–Trinajstić information content (AvgIpc) is 3.27. The Bertz CT molecular complexity index is 1040. The van der Waals surface area contributed by atoms with Gasteiger partial charge in [0.2, 0.25) is 5.13 Å². The van der Waals surface area contributed by atoms with Crippen LogP contribution in [0.25, 0.3) is 17.0 Å². The molecular weight excluding hydrogens is 364 g/mol. The minimum Gasteiger partial charge on any atom is -0.282 e. The third kappa shape index (κ3) is 3.18. The van der Waals surface area contributed by atoms with Gasteiger partial charge in [0.05, 0.1) is 10.4 Å². The van der Waals surface area contributed by atoms with Crippen molar-refractivity contribution in [1.29, 1.82) is 0 Å². The highest BCUT2D eigenvalue weighted by atomic mass is 32.2. The van der Waals surface area contributed by atoms with Gasteiger partial charge < -0.3 is 0 Å². The first kappa shape index (κ1) is 16.7. The van der Waals surface area contributed by atoms with Crippen LogP contribution in [0.4, 0.5) is 5.13 Å². The summed E-state index contributed by atoms with van der Waals surface area (Å²) in [6.07, 6.45) is 7.02. The molecule has 0 aliphatic carbocycles. The molecule has 0 saturated carbocycles. The van der Waals surface area contributed by atoms with Crippen LogP contribution in [-0.4, -0.2) is 32.5 Å². The van der Waals surface area contributed by atoms with E-state index in [1.807, 2.05) is 41.8 Å². The van der Waals surface area contributed by atoms with Crippen LogP contribution in [0.15, 0.2) is 70.7 Å². The summed E-state index contributed by atoms with van der Waals surface area (Å²) in [6, 6.07) is 9.84. The van der Waals surface area contributed by atoms with Crippen LogP contribution in [0.2, 0.25) is 0 Å². The van der Waals surface area contributed by atoms with Gasteiger partial charge in [-0.2, -0.15) is 4.99 Å². The molecule has 3 aromatic rings. The predicted molar refractivity (Wildman–Crippen MR) is 108 cm³/mol. The van der Waals surface area contributed by atoms with Gasteiger partial charge in [0.1, 0.15) is 0 Å². The monoisotopic (exact) mass is 378 g/mol. The van der Waals surface area contributed by atoms with Gasteiger partial charge in [-0.05, 0) is 23.9 Å². The Morgan fingerprint density at radius 2 is 2.08 bits per heavy atom. The van der Waals surface area contributed by atoms with Gasteiger partial charge in [0.15, 0.2) is 5.17 Å². The van der Waals surface area contributed by atoms with Crippen molar-refractivity contribution < 1.29 is 4.79 Å². The lowest BCUT2D eigenvalue weighted by atomic mass is 10.1. The summed E-state index contributed by atoms with van der Waals surface area (Å²) in [5.41, 5.74) is 1.78. The maximum Gasteiger partial charge on any atom is 0.267 e. The number of hydrogen-bond acceptors (Lipinski definition) is 6. The summed E-state index contributed by atoms with van der Waals surface area (Å²) in [4.78, 5) is 28.2. The standard InChI is InChI=1S/C19H14N4OS2/c1-2-10-23-17(24)15(26-19(23)22-18-21-9-11-25-18)12-14-6-3-5-13-7-4-8-20-16(13)14/h2-9,11-12H,1,10H2. The molecule has 1 amide bonds. The number of para-hydroxylation sites is 1. The number of amides is 1. The Hall–Kier alpha value is -2.77. The van der Waals surface area contributed by atoms with Crippen LogP contribution < -0.4 is 0 Å². The van der Waals surface area contributed by atoms with Crippen LogP contribution in [0.5, 0.6) is 0 Å². The van der Waals surface area contributed by atoms with E-state index in [4.69, 9.17) is 0 Å². The van der Waals surface area contributed by atoms with E-state index in [1.165, 1.54) is 23.1 Å². The van der Waals surface area contributed by atoms with E-state index in [0.29, 0.717) is 21.7 Å². The lowest BCUT2D eigenvalue weighted by Crippen LogP contribution is -2.29. The maximum atomic E-state index is 12.8. The number of aliphatic imine (C=N–C) groups is 1. The van der Waals surface area contributed by atoms with E-state index in [9.17, 15) is 4.79 Å². The lowest BCUT2D eigenvalue weighted by molar-refractivity contribution is -0.121. The lowest BCUT2D eigenvalue weighted by Gasteiger charge is -2.11. The van der Waals surface area contributed by atoms with Crippen molar-refractivity contribution in [3.8, 4) is 0 Å². The number of rotatable bonds is 4. The van der Waals surface area contributed by atoms with Crippen molar-refractivity contribution in [1.82, 2.24) is 14.9 Å². The van der Waals surface area contributed by atoms with Crippen LogP contribution in [-0.2, 0) is 4.79 Å². The largest absolute Gasteiger partial charge is 0.282 e. The molecule has 1 aliphatic rings. The summed E-state index contributed by atoms with van der Waals surface area (Å²) < 4.78 is 0. The van der Waals surface area contributed by atoms with Crippen molar-refractivity contribution in [2.75, 3.05) is 6.54 Å². The molecule has 4 rings (SSSR count). The first-order valence-electron chi connectivity index (χ1n) is 7.90. The Labute approximate surface area is 158 Å². The van der Waals surface area contributed by atoms with E-state index in [0.717, 1.165) is 16.5 Å². The van der Waals surface area contributed by atoms with Crippen molar-refractivity contribution in [2.45, 2.75) is 0 Å². The van der Waals surface area contributed by atoms with Crippen LogP contribution in [0, 0.1) is 0 Å². The van der Waals surface area contributed by atoms with Gasteiger partial charge in [0.25, 0.3) is 5.91 Å². The first-order chi connectivity index (χ1) is 12.8. The number of aromatic nitrogens is 2. The molecule has 2 aromatic heterocycles. The van der Waals surface area contributed by atoms with Gasteiger partial charge >= 0.3 is 0 Å². The van der Waals surface area contributed by atoms with Gasteiger partial charge in [-0.1, -0.05) is 30.3 Å². The predicted octanol–water partition coefficient (Wildman–Crippen LogP) is 4.48. The summed E-state index contributed by atoms with van der Waals surface area (Å²) in [6.45, 7) is 4.14. The van der Waals surface area contributed by atoms with E-state index >= 15 is 0 Å². The molecule has 1 aliphatic heterocycles. The summed E-state index contributed by atoms with van der Waals surface area (Å²) in [5.74, 6) is -0.0851. The molecule has 5 nitrogen and oxygen atoms in total. The van der Waals surface area contributed by atoms with Gasteiger partial charge in [-0.3, -0.25) is 14.7 Å². The summed E-state index contributed by atoms with van der Waals surface area (Å²) in [7, 11) is 0. The number of hydrogen-bond donors (Lipinski definition) is 0. The van der Waals surface area contributed by atoms with Crippen molar-refractivity contribution in [2.24, 2.45) is 4.99 Å². The highest BCUT2D eigenvalue weighted by Gasteiger charge is 2.33. The van der Waals surface area contributed by atoms with Gasteiger partial charge in [-0.25, -0.2) is 4.98 Å². The number of fused-ring (bicyclic) bond motifs is 1.